The van der Waals surface area contributed by atoms with Crippen molar-refractivity contribution in [3.63, 3.8) is 0 Å². The van der Waals surface area contributed by atoms with Gasteiger partial charge in [0.05, 0.1) is 5.69 Å². The Morgan fingerprint density at radius 3 is 2.66 bits per heavy atom. The number of sulfonamides is 1. The maximum absolute atomic E-state index is 13.1. The number of nitrogens with zero attached hydrogens (tertiary/aromatic N) is 4. The minimum atomic E-state index is -3.71. The first-order valence-corrected chi connectivity index (χ1v) is 13.5. The molecule has 172 valence electrons. The Kier molecular flexibility index (Phi) is 6.97. The molecule has 0 unspecified atom stereocenters. The molecule has 0 spiro atoms. The summed E-state index contributed by atoms with van der Waals surface area (Å²) in [6.45, 7) is 7.99. The van der Waals surface area contributed by atoms with E-state index in [-0.39, 0.29) is 6.54 Å². The van der Waals surface area contributed by atoms with Crippen molar-refractivity contribution in [1.29, 1.82) is 0 Å². The molecule has 1 saturated heterocycles. The highest BCUT2D eigenvalue weighted by atomic mass is 32.2. The van der Waals surface area contributed by atoms with Crippen LogP contribution in [0.4, 0.5) is 10.8 Å². The number of aryl methyl sites for hydroxylation is 3. The van der Waals surface area contributed by atoms with Gasteiger partial charge in [0.2, 0.25) is 15.9 Å². The second kappa shape index (κ2) is 9.72. The van der Waals surface area contributed by atoms with Crippen LogP contribution < -0.4 is 9.80 Å². The summed E-state index contributed by atoms with van der Waals surface area (Å²) in [5.74, 6) is -0.993. The van der Waals surface area contributed by atoms with Crippen LogP contribution in [-0.4, -0.2) is 62.1 Å². The summed E-state index contributed by atoms with van der Waals surface area (Å²) in [6, 6.07) is 8.21. The fourth-order valence-electron chi connectivity index (χ4n) is 4.24. The van der Waals surface area contributed by atoms with Crippen LogP contribution in [0.2, 0.25) is 0 Å². The molecular formula is C23H30N4O3S2. The van der Waals surface area contributed by atoms with Crippen LogP contribution in [0, 0.1) is 6.92 Å². The Morgan fingerprint density at radius 2 is 1.97 bits per heavy atom. The molecule has 0 atom stereocenters. The van der Waals surface area contributed by atoms with Gasteiger partial charge in [0.25, 0.3) is 0 Å². The fraction of sp³-hybridized carbons (Fsp3) is 0.478. The second-order valence-electron chi connectivity index (χ2n) is 8.35. The lowest BCUT2D eigenvalue weighted by Crippen LogP contribution is -2.51. The summed E-state index contributed by atoms with van der Waals surface area (Å²) in [5.41, 5.74) is 3.32. The smallest absolute Gasteiger partial charge is 0.245 e. The van der Waals surface area contributed by atoms with Crippen molar-refractivity contribution >= 4 is 38.1 Å². The Balaban J connectivity index is 1.42. The van der Waals surface area contributed by atoms with E-state index in [0.717, 1.165) is 37.1 Å². The van der Waals surface area contributed by atoms with Gasteiger partial charge in [-0.3, -0.25) is 9.69 Å². The largest absolute Gasteiger partial charge is 0.369 e. The Labute approximate surface area is 194 Å². The summed E-state index contributed by atoms with van der Waals surface area (Å²) in [4.78, 5) is 22.6. The lowest BCUT2D eigenvalue weighted by Gasteiger charge is -2.35. The molecule has 1 aromatic heterocycles. The number of hydrogen-bond donors (Lipinski definition) is 0. The molecule has 1 aliphatic carbocycles. The third kappa shape index (κ3) is 5.05. The van der Waals surface area contributed by atoms with Crippen LogP contribution >= 0.6 is 11.3 Å². The van der Waals surface area contributed by atoms with Crippen molar-refractivity contribution in [2.45, 2.75) is 32.6 Å². The molecule has 32 heavy (non-hydrogen) atoms. The van der Waals surface area contributed by atoms with Crippen LogP contribution in [0.25, 0.3) is 0 Å². The van der Waals surface area contributed by atoms with E-state index in [9.17, 15) is 13.2 Å². The maximum atomic E-state index is 13.1. The molecule has 1 aromatic carbocycles. The van der Waals surface area contributed by atoms with Crippen molar-refractivity contribution in [1.82, 2.24) is 9.29 Å². The number of benzene rings is 1. The van der Waals surface area contributed by atoms with E-state index >= 15 is 0 Å². The molecule has 0 radical (unpaired) electrons. The van der Waals surface area contributed by atoms with Gasteiger partial charge in [-0.25, -0.2) is 13.4 Å². The lowest BCUT2D eigenvalue weighted by molar-refractivity contribution is -0.116. The van der Waals surface area contributed by atoms with E-state index < -0.39 is 21.7 Å². The topological polar surface area (TPSA) is 73.8 Å². The van der Waals surface area contributed by atoms with Crippen molar-refractivity contribution in [2.24, 2.45) is 0 Å². The average Bonchev–Trinajstić information content (AvgIpc) is 3.21. The Hall–Kier alpha value is -2.23. The van der Waals surface area contributed by atoms with Gasteiger partial charge in [0.1, 0.15) is 5.75 Å². The van der Waals surface area contributed by atoms with Gasteiger partial charge < -0.3 is 4.90 Å². The number of carbonyl (C=O) groups excluding carboxylic acids is 1. The first kappa shape index (κ1) is 22.9. The summed E-state index contributed by atoms with van der Waals surface area (Å²) in [5, 5.41) is 0.585. The highest BCUT2D eigenvalue weighted by Gasteiger charge is 2.32. The summed E-state index contributed by atoms with van der Waals surface area (Å²) in [6.07, 6.45) is 5.76. The predicted molar refractivity (Wildman–Crippen MR) is 130 cm³/mol. The third-order valence-electron chi connectivity index (χ3n) is 5.98. The predicted octanol–water partition coefficient (Wildman–Crippen LogP) is 3.00. The monoisotopic (exact) mass is 474 g/mol. The van der Waals surface area contributed by atoms with E-state index in [1.807, 2.05) is 25.1 Å². The molecule has 4 rings (SSSR count). The highest BCUT2D eigenvalue weighted by Crippen LogP contribution is 2.32. The van der Waals surface area contributed by atoms with Gasteiger partial charge >= 0.3 is 0 Å². The van der Waals surface area contributed by atoms with Crippen molar-refractivity contribution < 1.29 is 13.2 Å². The molecule has 0 saturated carbocycles. The number of rotatable bonds is 7. The van der Waals surface area contributed by atoms with E-state index in [4.69, 9.17) is 0 Å². The zero-order valence-electron chi connectivity index (χ0n) is 18.5. The van der Waals surface area contributed by atoms with Crippen LogP contribution in [0.5, 0.6) is 0 Å². The van der Waals surface area contributed by atoms with Crippen LogP contribution in [0.1, 0.15) is 29.0 Å². The minimum Gasteiger partial charge on any atom is -0.369 e. The van der Waals surface area contributed by atoms with Crippen LogP contribution in [0.15, 0.2) is 36.9 Å². The Bertz CT molecular complexity index is 1060. The zero-order valence-corrected chi connectivity index (χ0v) is 20.1. The average molecular weight is 475 g/mol. The van der Waals surface area contributed by atoms with Crippen molar-refractivity contribution in [3.05, 3.63) is 53.1 Å². The minimum absolute atomic E-state index is 0.252. The number of carbonyl (C=O) groups is 1. The van der Waals surface area contributed by atoms with E-state index in [1.54, 1.807) is 6.08 Å². The molecule has 7 nitrogen and oxygen atoms in total. The number of piperazine rings is 1. The van der Waals surface area contributed by atoms with Crippen molar-refractivity contribution in [3.8, 4) is 0 Å². The molecule has 2 aromatic rings. The molecule has 1 fully saturated rings. The van der Waals surface area contributed by atoms with Gasteiger partial charge in [-0.2, -0.15) is 4.31 Å². The van der Waals surface area contributed by atoms with Gasteiger partial charge in [-0.15, -0.1) is 17.9 Å². The van der Waals surface area contributed by atoms with Gasteiger partial charge in [0, 0.05) is 43.3 Å². The van der Waals surface area contributed by atoms with Gasteiger partial charge in [-0.1, -0.05) is 18.2 Å². The standard InChI is InChI=1S/C23H30N4O3S2/c1-3-11-27(23-24-20-9-4-5-10-21(20)31-23)22(28)17-32(29,30)26-14-12-25(13-15-26)19-8-6-7-18(2)16-19/h3,6-8,16H,1,4-5,9-15,17H2,2H3. The quantitative estimate of drug-likeness (QED) is 0.577. The van der Waals surface area contributed by atoms with Crippen molar-refractivity contribution in [2.75, 3.05) is 48.3 Å². The maximum Gasteiger partial charge on any atom is 0.245 e. The first-order chi connectivity index (χ1) is 15.4. The molecule has 1 aliphatic heterocycles. The number of fused-ring (bicyclic) bond motifs is 1. The normalized spacial score (nSPS) is 17.1. The summed E-state index contributed by atoms with van der Waals surface area (Å²) in [7, 11) is -3.71. The zero-order chi connectivity index (χ0) is 22.7. The number of thiazole rings is 1. The summed E-state index contributed by atoms with van der Waals surface area (Å²) >= 11 is 1.50. The summed E-state index contributed by atoms with van der Waals surface area (Å²) < 4.78 is 27.5. The van der Waals surface area contributed by atoms with E-state index in [2.05, 4.69) is 22.5 Å². The van der Waals surface area contributed by atoms with Crippen LogP contribution in [0.3, 0.4) is 0 Å². The lowest BCUT2D eigenvalue weighted by atomic mass is 10.0. The molecule has 2 aliphatic rings. The third-order valence-corrected chi connectivity index (χ3v) is 8.93. The first-order valence-electron chi connectivity index (χ1n) is 11.1. The number of hydrogen-bond acceptors (Lipinski definition) is 6. The fourth-order valence-corrected chi connectivity index (χ4v) is 6.79. The number of anilines is 2. The van der Waals surface area contributed by atoms with Gasteiger partial charge in [-0.05, 0) is 50.3 Å². The SMILES string of the molecule is C=CCN(C(=O)CS(=O)(=O)N1CCN(c2cccc(C)c2)CC1)c1nc2c(s1)CCCC2. The van der Waals surface area contributed by atoms with Crippen LogP contribution in [-0.2, 0) is 27.7 Å². The molecule has 2 heterocycles. The molecule has 0 N–H and O–H groups in total. The molecule has 9 heteroatoms. The molecular weight excluding hydrogens is 444 g/mol. The number of aromatic nitrogens is 1. The van der Waals surface area contributed by atoms with Gasteiger partial charge in [0.15, 0.2) is 5.13 Å². The van der Waals surface area contributed by atoms with E-state index in [0.29, 0.717) is 31.3 Å². The molecule has 1 amide bonds. The molecule has 0 bridgehead atoms. The highest BCUT2D eigenvalue weighted by molar-refractivity contribution is 7.89. The second-order valence-corrected chi connectivity index (χ2v) is 11.4. The Morgan fingerprint density at radius 1 is 1.22 bits per heavy atom. The number of amides is 1. The van der Waals surface area contributed by atoms with E-state index in [1.165, 1.54) is 31.0 Å².